The maximum absolute atomic E-state index is 14.0. The van der Waals surface area contributed by atoms with Crippen LogP contribution < -0.4 is 0 Å². The molecule has 114 valence electrons. The van der Waals surface area contributed by atoms with Crippen molar-refractivity contribution in [3.8, 4) is 0 Å². The minimum absolute atomic E-state index is 0.0698. The second kappa shape index (κ2) is 5.09. The van der Waals surface area contributed by atoms with Crippen LogP contribution in [0.2, 0.25) is 0 Å². The van der Waals surface area contributed by atoms with E-state index in [-0.39, 0.29) is 24.1 Å². The molecule has 0 bridgehead atoms. The summed E-state index contributed by atoms with van der Waals surface area (Å²) in [6.07, 6.45) is 1.44. The Morgan fingerprint density at radius 1 is 1.38 bits per heavy atom. The molecule has 1 amide bonds. The molecular weight excluding hydrogens is 275 g/mol. The maximum Gasteiger partial charge on any atom is 0.343 e. The Morgan fingerprint density at radius 3 is 2.48 bits per heavy atom. The van der Waals surface area contributed by atoms with Crippen molar-refractivity contribution < 1.29 is 19.1 Å². The van der Waals surface area contributed by atoms with Crippen molar-refractivity contribution in [2.24, 2.45) is 0 Å². The zero-order valence-electron chi connectivity index (χ0n) is 12.4. The van der Waals surface area contributed by atoms with Crippen molar-refractivity contribution in [3.63, 3.8) is 0 Å². The van der Waals surface area contributed by atoms with E-state index in [1.54, 1.807) is 12.3 Å². The lowest BCUT2D eigenvalue weighted by molar-refractivity contribution is -0.149. The Balaban J connectivity index is 2.13. The van der Waals surface area contributed by atoms with Gasteiger partial charge in [-0.2, -0.15) is 0 Å². The van der Waals surface area contributed by atoms with Crippen LogP contribution in [0.5, 0.6) is 0 Å². The summed E-state index contributed by atoms with van der Waals surface area (Å²) in [7, 11) is 0. The van der Waals surface area contributed by atoms with Gasteiger partial charge in [0, 0.05) is 19.2 Å². The molecule has 2 heterocycles. The van der Waals surface area contributed by atoms with E-state index in [9.17, 15) is 14.0 Å². The van der Waals surface area contributed by atoms with Gasteiger partial charge >= 0.3 is 5.97 Å². The van der Waals surface area contributed by atoms with Gasteiger partial charge in [-0.3, -0.25) is 9.78 Å². The monoisotopic (exact) mass is 294 g/mol. The Hall–Kier alpha value is -1.98. The molecule has 1 aromatic heterocycles. The average Bonchev–Trinajstić information content (AvgIpc) is 2.81. The number of carbonyl (C=O) groups excluding carboxylic acids is 1. The fourth-order valence-electron chi connectivity index (χ4n) is 2.25. The van der Waals surface area contributed by atoms with Crippen LogP contribution in [0, 0.1) is 0 Å². The van der Waals surface area contributed by atoms with E-state index in [0.717, 1.165) is 5.56 Å². The average molecular weight is 294 g/mol. The zero-order chi connectivity index (χ0) is 15.8. The lowest BCUT2D eigenvalue weighted by atomic mass is 9.88. The van der Waals surface area contributed by atoms with Gasteiger partial charge in [-0.25, -0.2) is 9.18 Å². The number of aliphatic carboxylic acids is 1. The van der Waals surface area contributed by atoms with Crippen LogP contribution in [0.15, 0.2) is 18.3 Å². The largest absolute Gasteiger partial charge is 0.479 e. The third-order valence-corrected chi connectivity index (χ3v) is 3.74. The number of hydrogen-bond acceptors (Lipinski definition) is 3. The number of halogens is 1. The molecule has 1 unspecified atom stereocenters. The molecule has 1 N–H and O–H groups in total. The van der Waals surface area contributed by atoms with Crippen molar-refractivity contribution in [1.29, 1.82) is 0 Å². The number of alkyl halides is 1. The molecule has 0 saturated carbocycles. The molecule has 5 nitrogen and oxygen atoms in total. The predicted octanol–water partition coefficient (Wildman–Crippen LogP) is 2.02. The van der Waals surface area contributed by atoms with Crippen molar-refractivity contribution in [3.05, 3.63) is 29.6 Å². The second-order valence-corrected chi connectivity index (χ2v) is 6.43. The van der Waals surface area contributed by atoms with E-state index >= 15 is 0 Å². The van der Waals surface area contributed by atoms with Gasteiger partial charge in [0.2, 0.25) is 5.67 Å². The van der Waals surface area contributed by atoms with Gasteiger partial charge in [0.15, 0.2) is 0 Å². The van der Waals surface area contributed by atoms with Crippen molar-refractivity contribution in [1.82, 2.24) is 9.88 Å². The fraction of sp³-hybridized carbons (Fsp3) is 0.533. The Labute approximate surface area is 122 Å². The van der Waals surface area contributed by atoms with Gasteiger partial charge in [-0.05, 0) is 17.0 Å². The van der Waals surface area contributed by atoms with Gasteiger partial charge < -0.3 is 10.0 Å². The molecule has 0 radical (unpaired) electrons. The highest BCUT2D eigenvalue weighted by Gasteiger charge is 2.47. The summed E-state index contributed by atoms with van der Waals surface area (Å²) in [5.41, 5.74) is -1.22. The molecule has 1 atom stereocenters. The number of amides is 1. The van der Waals surface area contributed by atoms with Gasteiger partial charge in [0.05, 0.1) is 6.54 Å². The van der Waals surface area contributed by atoms with Crippen LogP contribution in [0.1, 0.15) is 43.2 Å². The molecule has 1 fully saturated rings. The molecule has 0 aliphatic carbocycles. The number of aromatic nitrogens is 1. The third kappa shape index (κ3) is 3.04. The van der Waals surface area contributed by atoms with Gasteiger partial charge in [-0.15, -0.1) is 0 Å². The molecule has 0 aromatic carbocycles. The van der Waals surface area contributed by atoms with E-state index in [4.69, 9.17) is 5.11 Å². The highest BCUT2D eigenvalue weighted by atomic mass is 19.1. The number of carbonyl (C=O) groups is 2. The first-order valence-corrected chi connectivity index (χ1v) is 6.82. The summed E-state index contributed by atoms with van der Waals surface area (Å²) in [5, 5.41) is 8.84. The van der Waals surface area contributed by atoms with Gasteiger partial charge in [-0.1, -0.05) is 26.8 Å². The van der Waals surface area contributed by atoms with E-state index in [2.05, 4.69) is 4.98 Å². The number of hydrogen-bond donors (Lipinski definition) is 1. The van der Waals surface area contributed by atoms with Crippen LogP contribution in [0.4, 0.5) is 4.39 Å². The minimum Gasteiger partial charge on any atom is -0.479 e. The van der Waals surface area contributed by atoms with Crippen LogP contribution in [0.25, 0.3) is 0 Å². The van der Waals surface area contributed by atoms with Gasteiger partial charge in [0.25, 0.3) is 5.91 Å². The summed E-state index contributed by atoms with van der Waals surface area (Å²) >= 11 is 0. The maximum atomic E-state index is 14.0. The zero-order valence-corrected chi connectivity index (χ0v) is 12.4. The number of rotatable bonds is 2. The smallest absolute Gasteiger partial charge is 0.343 e. The number of pyridine rings is 1. The van der Waals surface area contributed by atoms with Gasteiger partial charge in [0.1, 0.15) is 5.69 Å². The summed E-state index contributed by atoms with van der Waals surface area (Å²) in [6.45, 7) is 5.77. The van der Waals surface area contributed by atoms with E-state index in [1.807, 2.05) is 26.8 Å². The Bertz CT molecular complexity index is 565. The SMILES string of the molecule is CC(C)(C)c1ccc(C(=O)N2CCC(F)(C(=O)O)C2)nc1. The first kappa shape index (κ1) is 15.4. The Morgan fingerprint density at radius 2 is 2.05 bits per heavy atom. The van der Waals surface area contributed by atoms with Crippen LogP contribution in [0.3, 0.4) is 0 Å². The summed E-state index contributed by atoms with van der Waals surface area (Å²) in [4.78, 5) is 28.4. The molecule has 1 saturated heterocycles. The topological polar surface area (TPSA) is 70.5 Å². The molecule has 2 rings (SSSR count). The summed E-state index contributed by atoms with van der Waals surface area (Å²) in [5.74, 6) is -1.95. The standard InChI is InChI=1S/C15H19FN2O3/c1-14(2,3)10-4-5-11(17-8-10)12(19)18-7-6-15(16,9-18)13(20)21/h4-5,8H,6-7,9H2,1-3H3,(H,20,21). The summed E-state index contributed by atoms with van der Waals surface area (Å²) in [6, 6.07) is 3.41. The molecule has 1 aliphatic rings. The first-order chi connectivity index (χ1) is 9.63. The van der Waals surface area contributed by atoms with Crippen LogP contribution in [-0.4, -0.2) is 45.6 Å². The molecular formula is C15H19FN2O3. The van der Waals surface area contributed by atoms with E-state index in [1.165, 1.54) is 4.90 Å². The van der Waals surface area contributed by atoms with E-state index < -0.39 is 24.1 Å². The Kier molecular flexibility index (Phi) is 3.74. The van der Waals surface area contributed by atoms with E-state index in [0.29, 0.717) is 0 Å². The van der Waals surface area contributed by atoms with Crippen LogP contribution >= 0.6 is 0 Å². The predicted molar refractivity (Wildman–Crippen MR) is 74.9 cm³/mol. The normalized spacial score (nSPS) is 22.4. The third-order valence-electron chi connectivity index (χ3n) is 3.74. The highest BCUT2D eigenvalue weighted by Crippen LogP contribution is 2.27. The lowest BCUT2D eigenvalue weighted by Crippen LogP contribution is -2.39. The van der Waals surface area contributed by atoms with Crippen molar-refractivity contribution in [2.45, 2.75) is 38.3 Å². The molecule has 1 aromatic rings. The quantitative estimate of drug-likeness (QED) is 0.906. The molecule has 6 heteroatoms. The van der Waals surface area contributed by atoms with Crippen LogP contribution in [-0.2, 0) is 10.2 Å². The minimum atomic E-state index is -2.35. The highest BCUT2D eigenvalue weighted by molar-refractivity contribution is 5.93. The summed E-state index contributed by atoms with van der Waals surface area (Å²) < 4.78 is 14.0. The second-order valence-electron chi connectivity index (χ2n) is 6.43. The number of carboxylic acid groups (broad SMARTS) is 1. The number of likely N-dealkylation sites (tertiary alicyclic amines) is 1. The van der Waals surface area contributed by atoms with Crippen molar-refractivity contribution in [2.75, 3.05) is 13.1 Å². The molecule has 21 heavy (non-hydrogen) atoms. The lowest BCUT2D eigenvalue weighted by Gasteiger charge is -2.20. The fourth-order valence-corrected chi connectivity index (χ4v) is 2.25. The number of carboxylic acids is 1. The molecule has 0 spiro atoms. The number of nitrogens with zero attached hydrogens (tertiary/aromatic N) is 2. The molecule has 1 aliphatic heterocycles. The first-order valence-electron chi connectivity index (χ1n) is 6.82. The van der Waals surface area contributed by atoms with Crippen molar-refractivity contribution >= 4 is 11.9 Å².